The van der Waals surface area contributed by atoms with Gasteiger partial charge in [-0.3, -0.25) is 15.0 Å². The summed E-state index contributed by atoms with van der Waals surface area (Å²) in [4.78, 5) is 33.9. The highest BCUT2D eigenvalue weighted by Crippen LogP contribution is 2.25. The Morgan fingerprint density at radius 1 is 1.24 bits per heavy atom. The number of hydrogen-bond acceptors (Lipinski definition) is 7. The maximum atomic E-state index is 14.9. The molecule has 1 aromatic heterocycles. The molecule has 1 amide bonds. The van der Waals surface area contributed by atoms with Crippen LogP contribution in [0.25, 0.3) is 11.1 Å². The van der Waals surface area contributed by atoms with Crippen molar-refractivity contribution in [1.29, 1.82) is 5.41 Å². The van der Waals surface area contributed by atoms with E-state index < -0.39 is 11.8 Å². The number of carbonyl (C=O) groups excluding carboxylic acids is 2. The molecule has 0 aliphatic carbocycles. The molecule has 9 nitrogen and oxygen atoms in total. The Hall–Kier alpha value is -3.56. The smallest absolute Gasteiger partial charge is 0.316 e. The van der Waals surface area contributed by atoms with Crippen LogP contribution < -0.4 is 10.5 Å². The number of benzene rings is 1. The minimum Gasteiger partial charge on any atom is -0.463 e. The summed E-state index contributed by atoms with van der Waals surface area (Å²) in [5, 5.41) is 7.10. The van der Waals surface area contributed by atoms with Gasteiger partial charge in [-0.15, -0.1) is 0 Å². The number of nitrogens with zero attached hydrogens (tertiary/aromatic N) is 3. The molecule has 3 N–H and O–H groups in total. The van der Waals surface area contributed by atoms with Gasteiger partial charge in [-0.25, -0.2) is 14.4 Å². The summed E-state index contributed by atoms with van der Waals surface area (Å²) >= 11 is 0. The summed E-state index contributed by atoms with van der Waals surface area (Å²) in [5.41, 5.74) is 6.09. The number of amidine groups is 1. The second-order valence-electron chi connectivity index (χ2n) is 8.28. The van der Waals surface area contributed by atoms with E-state index in [0.29, 0.717) is 24.5 Å². The lowest BCUT2D eigenvalue weighted by molar-refractivity contribution is -0.143. The number of esters is 1. The van der Waals surface area contributed by atoms with Crippen LogP contribution in [0, 0.1) is 17.1 Å². The van der Waals surface area contributed by atoms with Gasteiger partial charge in [0.25, 0.3) is 0 Å². The van der Waals surface area contributed by atoms with E-state index in [0.717, 1.165) is 32.4 Å². The molecule has 1 aliphatic rings. The van der Waals surface area contributed by atoms with Crippen LogP contribution in [0.3, 0.4) is 0 Å². The number of rotatable bonds is 10. The number of piperidine rings is 1. The molecule has 10 heteroatoms. The average Bonchev–Trinajstić information content (AvgIpc) is 2.82. The van der Waals surface area contributed by atoms with Gasteiger partial charge in [0.05, 0.1) is 6.61 Å². The standard InChI is InChI=1S/C24H30FN5O4/c1-2-4-21(31)30-9-7-16(8-10-30)14-34-24-28-12-18(13-29-24)19-6-3-5-17(23(19)25)15-33-22(32)11-20(26)27/h3,5-6,12-13,16H,2,4,7-11,14-15H2,1H3,(H3,26,27). The molecule has 0 unspecified atom stereocenters. The summed E-state index contributed by atoms with van der Waals surface area (Å²) in [6.45, 7) is 3.68. The van der Waals surface area contributed by atoms with Gasteiger partial charge in [0.15, 0.2) is 0 Å². The van der Waals surface area contributed by atoms with Gasteiger partial charge in [0.2, 0.25) is 5.91 Å². The van der Waals surface area contributed by atoms with E-state index in [9.17, 15) is 14.0 Å². The SMILES string of the molecule is CCCC(=O)N1CCC(COc2ncc(-c3cccc(COC(=O)CC(=N)N)c3F)cn2)CC1. The van der Waals surface area contributed by atoms with E-state index in [1.807, 2.05) is 11.8 Å². The number of nitrogens with two attached hydrogens (primary N) is 1. The number of halogens is 1. The second kappa shape index (κ2) is 12.1. The van der Waals surface area contributed by atoms with Crippen molar-refractivity contribution in [2.75, 3.05) is 19.7 Å². The molecular formula is C24H30FN5O4. The number of aromatic nitrogens is 2. The van der Waals surface area contributed by atoms with E-state index in [1.165, 1.54) is 18.5 Å². The molecule has 0 atom stereocenters. The zero-order valence-corrected chi connectivity index (χ0v) is 19.3. The lowest BCUT2D eigenvalue weighted by Gasteiger charge is -2.31. The van der Waals surface area contributed by atoms with Gasteiger partial charge in [-0.05, 0) is 25.2 Å². The largest absolute Gasteiger partial charge is 0.463 e. The van der Waals surface area contributed by atoms with Crippen molar-refractivity contribution in [3.8, 4) is 17.1 Å². The fraction of sp³-hybridized carbons (Fsp3) is 0.458. The third kappa shape index (κ3) is 6.97. The number of ether oxygens (including phenoxy) is 2. The van der Waals surface area contributed by atoms with Gasteiger partial charge in [-0.2, -0.15) is 0 Å². The Labute approximate surface area is 198 Å². The maximum Gasteiger partial charge on any atom is 0.316 e. The molecule has 1 saturated heterocycles. The van der Waals surface area contributed by atoms with Crippen LogP contribution in [0.2, 0.25) is 0 Å². The van der Waals surface area contributed by atoms with Crippen LogP contribution in [0.5, 0.6) is 6.01 Å². The van der Waals surface area contributed by atoms with Gasteiger partial charge in [0, 0.05) is 48.6 Å². The molecule has 1 aromatic carbocycles. The van der Waals surface area contributed by atoms with Crippen LogP contribution in [0.4, 0.5) is 4.39 Å². The minimum atomic E-state index is -0.694. The maximum absolute atomic E-state index is 14.9. The molecule has 0 bridgehead atoms. The fourth-order valence-corrected chi connectivity index (χ4v) is 3.72. The molecule has 182 valence electrons. The van der Waals surface area contributed by atoms with E-state index in [1.54, 1.807) is 12.1 Å². The first-order valence-electron chi connectivity index (χ1n) is 11.4. The Bertz CT molecular complexity index is 1010. The molecule has 3 rings (SSSR count). The van der Waals surface area contributed by atoms with Crippen LogP contribution in [0.15, 0.2) is 30.6 Å². The number of hydrogen-bond donors (Lipinski definition) is 2. The first-order valence-corrected chi connectivity index (χ1v) is 11.4. The fourth-order valence-electron chi connectivity index (χ4n) is 3.72. The van der Waals surface area contributed by atoms with Crippen LogP contribution in [-0.2, 0) is 20.9 Å². The number of amides is 1. The zero-order valence-electron chi connectivity index (χ0n) is 19.3. The summed E-state index contributed by atoms with van der Waals surface area (Å²) in [6.07, 6.45) is 5.84. The van der Waals surface area contributed by atoms with E-state index >= 15 is 0 Å². The highest BCUT2D eigenvalue weighted by molar-refractivity contribution is 5.94. The lowest BCUT2D eigenvalue weighted by Crippen LogP contribution is -2.39. The summed E-state index contributed by atoms with van der Waals surface area (Å²) in [6, 6.07) is 4.96. The van der Waals surface area contributed by atoms with E-state index in [4.69, 9.17) is 20.6 Å². The molecule has 0 saturated carbocycles. The van der Waals surface area contributed by atoms with Crippen molar-refractivity contribution in [1.82, 2.24) is 14.9 Å². The van der Waals surface area contributed by atoms with Gasteiger partial charge in [0.1, 0.15) is 24.7 Å². The van der Waals surface area contributed by atoms with Crippen molar-refractivity contribution in [3.63, 3.8) is 0 Å². The van der Waals surface area contributed by atoms with Gasteiger partial charge in [-0.1, -0.05) is 25.1 Å². The summed E-state index contributed by atoms with van der Waals surface area (Å²) < 4.78 is 25.6. The zero-order chi connectivity index (χ0) is 24.5. The first kappa shape index (κ1) is 25.1. The molecule has 2 aromatic rings. The van der Waals surface area contributed by atoms with Crippen molar-refractivity contribution < 1.29 is 23.5 Å². The highest BCUT2D eigenvalue weighted by atomic mass is 19.1. The lowest BCUT2D eigenvalue weighted by atomic mass is 9.97. The van der Waals surface area contributed by atoms with Crippen LogP contribution in [-0.4, -0.2) is 52.3 Å². The predicted molar refractivity (Wildman–Crippen MR) is 123 cm³/mol. The van der Waals surface area contributed by atoms with Crippen molar-refractivity contribution in [2.24, 2.45) is 11.7 Å². The van der Waals surface area contributed by atoms with Gasteiger partial charge < -0.3 is 20.1 Å². The molecule has 1 fully saturated rings. The topological polar surface area (TPSA) is 131 Å². The average molecular weight is 472 g/mol. The third-order valence-electron chi connectivity index (χ3n) is 5.62. The normalized spacial score (nSPS) is 14.0. The Balaban J connectivity index is 1.53. The highest BCUT2D eigenvalue weighted by Gasteiger charge is 2.23. The number of nitrogens with one attached hydrogen (secondary N) is 1. The van der Waals surface area contributed by atoms with E-state index in [-0.39, 0.29) is 41.9 Å². The van der Waals surface area contributed by atoms with Crippen molar-refractivity contribution in [2.45, 2.75) is 45.6 Å². The molecule has 0 radical (unpaired) electrons. The molecule has 34 heavy (non-hydrogen) atoms. The van der Waals surface area contributed by atoms with Crippen LogP contribution in [0.1, 0.15) is 44.6 Å². The quantitative estimate of drug-likeness (QED) is 0.309. The van der Waals surface area contributed by atoms with Crippen LogP contribution >= 0.6 is 0 Å². The molecule has 1 aliphatic heterocycles. The third-order valence-corrected chi connectivity index (χ3v) is 5.62. The molecule has 2 heterocycles. The van der Waals surface area contributed by atoms with Gasteiger partial charge >= 0.3 is 12.0 Å². The van der Waals surface area contributed by atoms with E-state index in [2.05, 4.69) is 9.97 Å². The predicted octanol–water partition coefficient (Wildman–Crippen LogP) is 3.07. The Kier molecular flexibility index (Phi) is 8.89. The summed E-state index contributed by atoms with van der Waals surface area (Å²) in [7, 11) is 0. The van der Waals surface area contributed by atoms with Crippen molar-refractivity contribution in [3.05, 3.63) is 42.0 Å². The van der Waals surface area contributed by atoms with Crippen molar-refractivity contribution >= 4 is 17.7 Å². The Morgan fingerprint density at radius 3 is 2.59 bits per heavy atom. The molecule has 0 spiro atoms. The monoisotopic (exact) mass is 471 g/mol. The molecular weight excluding hydrogens is 441 g/mol. The first-order chi connectivity index (χ1) is 16.4. The second-order valence-corrected chi connectivity index (χ2v) is 8.28. The number of carbonyl (C=O) groups is 2. The number of likely N-dealkylation sites (tertiary alicyclic amines) is 1. The Morgan fingerprint density at radius 2 is 1.94 bits per heavy atom. The summed E-state index contributed by atoms with van der Waals surface area (Å²) in [5.74, 6) is -1.01. The minimum absolute atomic E-state index is 0.193.